The molecule has 0 saturated heterocycles. The largest absolute Gasteiger partial charge is 0.481 e. The summed E-state index contributed by atoms with van der Waals surface area (Å²) in [4.78, 5) is 63.0. The summed E-state index contributed by atoms with van der Waals surface area (Å²) in [6.07, 6.45) is 10.3. The number of carboxylic acid groups (broad SMARTS) is 2. The Bertz CT molecular complexity index is 2120. The van der Waals surface area contributed by atoms with E-state index in [4.69, 9.17) is 5.11 Å². The molecule has 2 aromatic rings. The van der Waals surface area contributed by atoms with Crippen LogP contribution in [0.3, 0.4) is 0 Å². The van der Waals surface area contributed by atoms with Gasteiger partial charge in [-0.3, -0.25) is 19.2 Å². The summed E-state index contributed by atoms with van der Waals surface area (Å²) in [5.41, 5.74) is 3.61. The fourth-order valence-corrected chi connectivity index (χ4v) is 14.7. The summed E-state index contributed by atoms with van der Waals surface area (Å²) < 4.78 is 0. The van der Waals surface area contributed by atoms with Gasteiger partial charge in [-0.25, -0.2) is 4.79 Å². The number of hydrogen-bond donors (Lipinski definition) is 6. The third-order valence-electron chi connectivity index (χ3n) is 18.3. The van der Waals surface area contributed by atoms with Gasteiger partial charge in [0, 0.05) is 30.6 Å². The lowest BCUT2D eigenvalue weighted by molar-refractivity contribution is -0.246. The number of allylic oxidation sites excluding steroid dienone is 1. The van der Waals surface area contributed by atoms with Crippen LogP contribution in [0, 0.1) is 56.7 Å². The summed E-state index contributed by atoms with van der Waals surface area (Å²) >= 11 is 0. The Hall–Kier alpha value is -4.51. The maximum atomic E-state index is 14.7. The van der Waals surface area contributed by atoms with E-state index >= 15 is 0 Å². The normalized spacial score (nSPS) is 34.5. The Labute approximate surface area is 373 Å². The standard InChI is InChI=1S/C52H71N3O8/c1-31(2)36-19-25-52(27-26-50(6)37(43(36)52)15-17-40-49(5)23-21-41(56)48(3,4)39(49)20-24-51(40,50)7)47(63)53-28-22-32-9-8-10-35(29-32)44(59)54-30-33-11-13-34(14-12-33)45(60)55-38(46(61)62)16-18-42(57)58/h8-14,29,36-41,43,56H,1,15-28,30H2,2-7H3,(H,53,63)(H,54,59)(H,55,60)(H,57,58)(H,61,62)/t36-,37?,38-,39?,40?,41-,43?,49-,50+,51+,52-/m0/s1. The van der Waals surface area contributed by atoms with Crippen LogP contribution in [0.1, 0.15) is 150 Å². The van der Waals surface area contributed by atoms with Gasteiger partial charge in [0.05, 0.1) is 11.5 Å². The molecule has 0 aromatic heterocycles. The van der Waals surface area contributed by atoms with Gasteiger partial charge in [-0.15, -0.1) is 0 Å². The van der Waals surface area contributed by atoms with E-state index in [-0.39, 0.29) is 70.4 Å². The van der Waals surface area contributed by atoms with E-state index in [1.165, 1.54) is 30.5 Å². The lowest BCUT2D eigenvalue weighted by Gasteiger charge is -2.72. The maximum absolute atomic E-state index is 14.7. The molecule has 11 heteroatoms. The summed E-state index contributed by atoms with van der Waals surface area (Å²) in [5, 5.41) is 38.1. The first-order valence-corrected chi connectivity index (χ1v) is 23.5. The molecule has 0 bridgehead atoms. The van der Waals surface area contributed by atoms with Crippen molar-refractivity contribution in [1.29, 1.82) is 0 Å². The molecule has 0 spiro atoms. The predicted octanol–water partition coefficient (Wildman–Crippen LogP) is 8.34. The Morgan fingerprint density at radius 2 is 1.49 bits per heavy atom. The zero-order chi connectivity index (χ0) is 45.7. The summed E-state index contributed by atoms with van der Waals surface area (Å²) in [6.45, 7) is 19.8. The van der Waals surface area contributed by atoms with Crippen LogP contribution in [0.25, 0.3) is 0 Å². The molecule has 342 valence electrons. The van der Waals surface area contributed by atoms with Crippen LogP contribution in [0.2, 0.25) is 0 Å². The van der Waals surface area contributed by atoms with Crippen LogP contribution in [0.4, 0.5) is 0 Å². The van der Waals surface area contributed by atoms with Crippen molar-refractivity contribution in [1.82, 2.24) is 16.0 Å². The van der Waals surface area contributed by atoms with Crippen LogP contribution in [0.5, 0.6) is 0 Å². The van der Waals surface area contributed by atoms with Gasteiger partial charge < -0.3 is 31.3 Å². The molecule has 0 radical (unpaired) electrons. The van der Waals surface area contributed by atoms with Crippen LogP contribution >= 0.6 is 0 Å². The molecule has 7 rings (SSSR count). The van der Waals surface area contributed by atoms with Crippen LogP contribution in [0.15, 0.2) is 60.7 Å². The predicted molar refractivity (Wildman–Crippen MR) is 242 cm³/mol. The second kappa shape index (κ2) is 17.5. The molecule has 5 fully saturated rings. The van der Waals surface area contributed by atoms with Gasteiger partial charge in [-0.1, -0.05) is 71.0 Å². The van der Waals surface area contributed by atoms with Crippen molar-refractivity contribution in [3.8, 4) is 0 Å². The van der Waals surface area contributed by atoms with Gasteiger partial charge in [0.25, 0.3) is 11.8 Å². The lowest BCUT2D eigenvalue weighted by atomic mass is 9.32. The average Bonchev–Trinajstić information content (AvgIpc) is 3.65. The molecule has 5 saturated carbocycles. The molecule has 63 heavy (non-hydrogen) atoms. The van der Waals surface area contributed by atoms with Crippen molar-refractivity contribution in [3.05, 3.63) is 82.9 Å². The minimum atomic E-state index is -1.33. The van der Waals surface area contributed by atoms with Crippen LogP contribution < -0.4 is 16.0 Å². The highest BCUT2D eigenvalue weighted by Crippen LogP contribution is 2.77. The molecule has 5 aliphatic rings. The van der Waals surface area contributed by atoms with E-state index in [2.05, 4.69) is 64.1 Å². The van der Waals surface area contributed by atoms with Crippen molar-refractivity contribution in [2.45, 2.75) is 144 Å². The summed E-state index contributed by atoms with van der Waals surface area (Å²) in [5.74, 6) is -1.00. The van der Waals surface area contributed by atoms with Crippen molar-refractivity contribution in [2.75, 3.05) is 6.54 Å². The fourth-order valence-electron chi connectivity index (χ4n) is 14.7. The third kappa shape index (κ3) is 8.25. The lowest BCUT2D eigenvalue weighted by Crippen LogP contribution is -2.67. The number of carbonyl (C=O) groups is 5. The second-order valence-corrected chi connectivity index (χ2v) is 21.6. The molecule has 11 nitrogen and oxygen atoms in total. The van der Waals surface area contributed by atoms with Crippen LogP contribution in [-0.2, 0) is 27.3 Å². The highest BCUT2D eigenvalue weighted by molar-refractivity contribution is 5.97. The highest BCUT2D eigenvalue weighted by atomic mass is 16.4. The number of nitrogens with one attached hydrogen (secondary N) is 3. The van der Waals surface area contributed by atoms with Gasteiger partial charge in [-0.2, -0.15) is 0 Å². The number of carboxylic acids is 2. The Balaban J connectivity index is 0.967. The number of rotatable bonds is 14. The maximum Gasteiger partial charge on any atom is 0.326 e. The minimum Gasteiger partial charge on any atom is -0.481 e. The van der Waals surface area contributed by atoms with E-state index in [0.29, 0.717) is 42.2 Å². The second-order valence-electron chi connectivity index (χ2n) is 21.6. The number of carbonyl (C=O) groups excluding carboxylic acids is 3. The fraction of sp³-hybridized carbons (Fsp3) is 0.635. The molecule has 2 aromatic carbocycles. The van der Waals surface area contributed by atoms with Crippen molar-refractivity contribution in [3.63, 3.8) is 0 Å². The molecular formula is C52H71N3O8. The number of fused-ring (bicyclic) bond motifs is 7. The van der Waals surface area contributed by atoms with Crippen molar-refractivity contribution >= 4 is 29.7 Å². The van der Waals surface area contributed by atoms with Gasteiger partial charge in [-0.05, 0) is 171 Å². The van der Waals surface area contributed by atoms with E-state index in [1.807, 2.05) is 18.2 Å². The zero-order valence-corrected chi connectivity index (χ0v) is 38.4. The van der Waals surface area contributed by atoms with E-state index in [1.54, 1.807) is 18.2 Å². The molecular weight excluding hydrogens is 795 g/mol. The number of aliphatic hydroxyl groups is 1. The molecule has 5 aliphatic carbocycles. The minimum absolute atomic E-state index is 0.0814. The van der Waals surface area contributed by atoms with Gasteiger partial charge >= 0.3 is 11.9 Å². The molecule has 0 aliphatic heterocycles. The molecule has 4 unspecified atom stereocenters. The molecule has 6 N–H and O–H groups in total. The first kappa shape index (κ1) is 46.5. The Morgan fingerprint density at radius 1 is 0.762 bits per heavy atom. The van der Waals surface area contributed by atoms with Gasteiger partial charge in [0.15, 0.2) is 0 Å². The van der Waals surface area contributed by atoms with Gasteiger partial charge in [0.2, 0.25) is 5.91 Å². The molecule has 11 atom stereocenters. The van der Waals surface area contributed by atoms with Crippen molar-refractivity contribution < 1.29 is 39.3 Å². The Morgan fingerprint density at radius 3 is 2.17 bits per heavy atom. The van der Waals surface area contributed by atoms with E-state index in [9.17, 15) is 34.2 Å². The summed E-state index contributed by atoms with van der Waals surface area (Å²) in [6, 6.07) is 12.5. The zero-order valence-electron chi connectivity index (χ0n) is 38.4. The first-order chi connectivity index (χ1) is 29.7. The van der Waals surface area contributed by atoms with Crippen LogP contribution in [-0.4, -0.2) is 63.7 Å². The smallest absolute Gasteiger partial charge is 0.326 e. The van der Waals surface area contributed by atoms with E-state index < -0.39 is 29.3 Å². The first-order valence-electron chi connectivity index (χ1n) is 23.5. The molecule has 0 heterocycles. The topological polar surface area (TPSA) is 182 Å². The average molecular weight is 866 g/mol. The van der Waals surface area contributed by atoms with Crippen molar-refractivity contribution in [2.24, 2.45) is 56.7 Å². The molecule has 3 amide bonds. The SMILES string of the molecule is C=C(C)[C@@H]1CC[C@]2(C(=O)NCCc3cccc(C(=O)NCc4ccc(C(=O)N[C@@H](CCC(=O)O)C(=O)O)cc4)c3)CC[C@]3(C)C(CCC4[C@@]5(C)CC[C@H](O)C(C)(C)C5CC[C@]43C)C12. The number of aliphatic hydroxyl groups excluding tert-OH is 1. The summed E-state index contributed by atoms with van der Waals surface area (Å²) in [7, 11) is 0. The highest BCUT2D eigenvalue weighted by Gasteiger charge is 2.71. The number of hydrogen-bond acceptors (Lipinski definition) is 6. The Kier molecular flexibility index (Phi) is 12.9. The third-order valence-corrected chi connectivity index (χ3v) is 18.3. The van der Waals surface area contributed by atoms with Gasteiger partial charge in [0.1, 0.15) is 6.04 Å². The monoisotopic (exact) mass is 866 g/mol. The number of amides is 3. The number of benzene rings is 2. The van der Waals surface area contributed by atoms with E-state index in [0.717, 1.165) is 62.5 Å². The quantitative estimate of drug-likeness (QED) is 0.103. The number of aliphatic carboxylic acids is 2.